The third-order valence-electron chi connectivity index (χ3n) is 7.80. The predicted octanol–water partition coefficient (Wildman–Crippen LogP) is 1.91. The first-order valence-electron chi connectivity index (χ1n) is 13.0. The van der Waals surface area contributed by atoms with Gasteiger partial charge in [-0.15, -0.1) is 0 Å². The van der Waals surface area contributed by atoms with Crippen LogP contribution in [-0.2, 0) is 24.4 Å². The van der Waals surface area contributed by atoms with Gasteiger partial charge < -0.3 is 19.4 Å². The number of aromatic amines is 1. The van der Waals surface area contributed by atoms with Gasteiger partial charge in [0.05, 0.1) is 36.1 Å². The maximum absolute atomic E-state index is 13.7. The summed E-state index contributed by atoms with van der Waals surface area (Å²) >= 11 is 0. The number of aryl methyl sites for hydroxylation is 1. The van der Waals surface area contributed by atoms with E-state index in [1.165, 1.54) is 4.90 Å². The molecule has 2 fully saturated rings. The number of carbonyl (C=O) groups excluding carboxylic acids is 1. The molecule has 0 aromatic carbocycles. The zero-order valence-electron chi connectivity index (χ0n) is 22.0. The van der Waals surface area contributed by atoms with Crippen molar-refractivity contribution in [3.63, 3.8) is 0 Å². The molecular formula is C26H34FN9O2. The number of amides is 1. The number of likely N-dealkylation sites (tertiary alicyclic amines) is 1. The molecule has 202 valence electrons. The summed E-state index contributed by atoms with van der Waals surface area (Å²) < 4.78 is 19.8. The molecule has 2 aromatic heterocycles. The van der Waals surface area contributed by atoms with E-state index in [1.54, 1.807) is 0 Å². The Morgan fingerprint density at radius 3 is 2.82 bits per heavy atom. The molecule has 0 aliphatic carbocycles. The van der Waals surface area contributed by atoms with Crippen molar-refractivity contribution in [3.8, 4) is 12.1 Å². The van der Waals surface area contributed by atoms with Gasteiger partial charge in [-0.05, 0) is 38.9 Å². The molecule has 1 N–H and O–H groups in total. The molecule has 3 aliphatic heterocycles. The van der Waals surface area contributed by atoms with Gasteiger partial charge in [0.1, 0.15) is 12.4 Å². The standard InChI is InChI=1S/C26H34FN9O2/c1-17-11-29-32-22(17)14-34-13-21-23(15-34)30-26(38-16-20-5-4-8-33(20)3)31-24(21)35-9-10-36(25(37)18(2)27)19(12-35)6-7-28/h11,19-20H,2,4-6,8-10,12-16H2,1,3H3,(H,29,32)/t19-,20-/m0/s1. The topological polar surface area (TPSA) is 118 Å². The lowest BCUT2D eigenvalue weighted by atomic mass is 10.1. The third kappa shape index (κ3) is 5.35. The molecule has 3 aliphatic rings. The Labute approximate surface area is 221 Å². The van der Waals surface area contributed by atoms with E-state index in [0.29, 0.717) is 51.4 Å². The highest BCUT2D eigenvalue weighted by molar-refractivity contribution is 5.91. The molecule has 12 heteroatoms. The number of H-pyrrole nitrogens is 1. The molecule has 11 nitrogen and oxygen atoms in total. The fourth-order valence-corrected chi connectivity index (χ4v) is 5.59. The van der Waals surface area contributed by atoms with Crippen LogP contribution in [0.25, 0.3) is 0 Å². The fourth-order valence-electron chi connectivity index (χ4n) is 5.59. The van der Waals surface area contributed by atoms with E-state index in [4.69, 9.17) is 14.7 Å². The van der Waals surface area contributed by atoms with Gasteiger partial charge in [0.25, 0.3) is 5.91 Å². The summed E-state index contributed by atoms with van der Waals surface area (Å²) in [4.78, 5) is 30.1. The number of ether oxygens (including phenoxy) is 1. The Morgan fingerprint density at radius 2 is 2.13 bits per heavy atom. The number of halogens is 1. The summed E-state index contributed by atoms with van der Waals surface area (Å²) in [7, 11) is 2.10. The SMILES string of the molecule is C=C(F)C(=O)N1CCN(c2nc(OC[C@@H]3CCCN3C)nc3c2CN(Cc2[nH]ncc2C)C3)C[C@@H]1CC#N. The molecule has 0 spiro atoms. The second kappa shape index (κ2) is 11.0. The van der Waals surface area contributed by atoms with E-state index in [-0.39, 0.29) is 13.0 Å². The van der Waals surface area contributed by atoms with E-state index >= 15 is 0 Å². The van der Waals surface area contributed by atoms with Crippen LogP contribution < -0.4 is 9.64 Å². The molecule has 38 heavy (non-hydrogen) atoms. The number of carbonyl (C=O) groups is 1. The number of likely N-dealkylation sites (N-methyl/N-ethyl adjacent to an activating group) is 1. The van der Waals surface area contributed by atoms with Gasteiger partial charge in [0, 0.05) is 50.9 Å². The van der Waals surface area contributed by atoms with Gasteiger partial charge in [-0.1, -0.05) is 6.58 Å². The minimum atomic E-state index is -1.01. The summed E-state index contributed by atoms with van der Waals surface area (Å²) in [6, 6.07) is 2.34. The number of nitrogens with zero attached hydrogens (tertiary/aromatic N) is 8. The van der Waals surface area contributed by atoms with Crippen molar-refractivity contribution in [2.45, 2.75) is 57.9 Å². The Morgan fingerprint density at radius 1 is 1.29 bits per heavy atom. The van der Waals surface area contributed by atoms with E-state index in [2.05, 4.69) is 44.6 Å². The van der Waals surface area contributed by atoms with Gasteiger partial charge in [0.15, 0.2) is 5.83 Å². The first kappa shape index (κ1) is 26.1. The van der Waals surface area contributed by atoms with Gasteiger partial charge in [0.2, 0.25) is 0 Å². The average Bonchev–Trinajstić information content (AvgIpc) is 3.62. The van der Waals surface area contributed by atoms with Crippen LogP contribution in [0.2, 0.25) is 0 Å². The number of hydrogen-bond acceptors (Lipinski definition) is 9. The Bertz CT molecular complexity index is 1240. The average molecular weight is 524 g/mol. The highest BCUT2D eigenvalue weighted by Crippen LogP contribution is 2.34. The van der Waals surface area contributed by atoms with E-state index < -0.39 is 17.8 Å². The van der Waals surface area contributed by atoms with E-state index in [0.717, 1.165) is 47.7 Å². The van der Waals surface area contributed by atoms with Gasteiger partial charge in [-0.25, -0.2) is 4.39 Å². The number of piperazine rings is 1. The normalized spacial score (nSPS) is 21.9. The largest absolute Gasteiger partial charge is 0.462 e. The molecule has 0 bridgehead atoms. The van der Waals surface area contributed by atoms with Gasteiger partial charge >= 0.3 is 6.01 Å². The number of rotatable bonds is 8. The van der Waals surface area contributed by atoms with Crippen LogP contribution >= 0.6 is 0 Å². The Kier molecular flexibility index (Phi) is 7.58. The van der Waals surface area contributed by atoms with Crippen molar-refractivity contribution in [1.82, 2.24) is 34.9 Å². The number of nitriles is 1. The van der Waals surface area contributed by atoms with Crippen molar-refractivity contribution in [2.24, 2.45) is 0 Å². The number of hydrogen-bond donors (Lipinski definition) is 1. The highest BCUT2D eigenvalue weighted by Gasteiger charge is 2.35. The summed E-state index contributed by atoms with van der Waals surface area (Å²) in [5, 5.41) is 16.6. The minimum Gasteiger partial charge on any atom is -0.462 e. The molecular weight excluding hydrogens is 489 g/mol. The molecule has 2 atom stereocenters. The van der Waals surface area contributed by atoms with Crippen LogP contribution in [0.4, 0.5) is 10.2 Å². The van der Waals surface area contributed by atoms with Crippen molar-refractivity contribution >= 4 is 11.7 Å². The van der Waals surface area contributed by atoms with Crippen LogP contribution in [-0.4, -0.2) is 92.7 Å². The Balaban J connectivity index is 1.40. The summed E-state index contributed by atoms with van der Waals surface area (Å²) in [6.07, 6.45) is 4.14. The lowest BCUT2D eigenvalue weighted by molar-refractivity contribution is -0.131. The van der Waals surface area contributed by atoms with Crippen LogP contribution in [0.3, 0.4) is 0 Å². The summed E-state index contributed by atoms with van der Waals surface area (Å²) in [5.41, 5.74) is 4.08. The van der Waals surface area contributed by atoms with E-state index in [9.17, 15) is 14.4 Å². The second-order valence-electron chi connectivity index (χ2n) is 10.4. The van der Waals surface area contributed by atoms with Gasteiger partial charge in [-0.3, -0.25) is 14.8 Å². The molecule has 2 saturated heterocycles. The van der Waals surface area contributed by atoms with Crippen LogP contribution in [0.15, 0.2) is 18.6 Å². The maximum atomic E-state index is 13.7. The maximum Gasteiger partial charge on any atom is 0.318 e. The number of fused-ring (bicyclic) bond motifs is 1. The van der Waals surface area contributed by atoms with E-state index in [1.807, 2.05) is 13.1 Å². The first-order chi connectivity index (χ1) is 18.3. The van der Waals surface area contributed by atoms with Crippen molar-refractivity contribution in [1.29, 1.82) is 5.26 Å². The zero-order chi connectivity index (χ0) is 26.8. The molecule has 0 saturated carbocycles. The lowest BCUT2D eigenvalue weighted by Gasteiger charge is -2.41. The molecule has 0 radical (unpaired) electrons. The van der Waals surface area contributed by atoms with Crippen LogP contribution in [0.1, 0.15) is 41.8 Å². The molecule has 2 aromatic rings. The third-order valence-corrected chi connectivity index (χ3v) is 7.80. The molecule has 1 amide bonds. The van der Waals surface area contributed by atoms with Crippen molar-refractivity contribution < 1.29 is 13.9 Å². The van der Waals surface area contributed by atoms with Crippen molar-refractivity contribution in [2.75, 3.05) is 44.7 Å². The fraction of sp³-hybridized carbons (Fsp3) is 0.577. The minimum absolute atomic E-state index is 0.0887. The van der Waals surface area contributed by atoms with Crippen LogP contribution in [0.5, 0.6) is 6.01 Å². The summed E-state index contributed by atoms with van der Waals surface area (Å²) in [5.74, 6) is -1.02. The molecule has 0 unspecified atom stereocenters. The lowest BCUT2D eigenvalue weighted by Crippen LogP contribution is -2.55. The Hall–Kier alpha value is -3.56. The smallest absolute Gasteiger partial charge is 0.318 e. The van der Waals surface area contributed by atoms with Gasteiger partial charge in [-0.2, -0.15) is 20.3 Å². The number of aromatic nitrogens is 4. The quantitative estimate of drug-likeness (QED) is 0.518. The number of anilines is 1. The predicted molar refractivity (Wildman–Crippen MR) is 138 cm³/mol. The highest BCUT2D eigenvalue weighted by atomic mass is 19.1. The molecule has 5 rings (SSSR count). The zero-order valence-corrected chi connectivity index (χ0v) is 22.0. The summed E-state index contributed by atoms with van der Waals surface area (Å²) in [6.45, 7) is 9.84. The second-order valence-corrected chi connectivity index (χ2v) is 10.4. The number of nitrogens with one attached hydrogen (secondary N) is 1. The van der Waals surface area contributed by atoms with Crippen LogP contribution in [0, 0.1) is 18.3 Å². The first-order valence-corrected chi connectivity index (χ1v) is 13.0. The molecule has 5 heterocycles. The monoisotopic (exact) mass is 523 g/mol. The van der Waals surface area contributed by atoms with Crippen molar-refractivity contribution in [3.05, 3.63) is 41.1 Å².